The van der Waals surface area contributed by atoms with Gasteiger partial charge in [-0.25, -0.2) is 9.18 Å². The number of likely N-dealkylation sites (N-methyl/N-ethyl adjacent to an activating group) is 1. The number of hydrogen-bond donors (Lipinski definition) is 1. The van der Waals surface area contributed by atoms with Crippen molar-refractivity contribution >= 4 is 11.7 Å². The van der Waals surface area contributed by atoms with Crippen LogP contribution in [0.15, 0.2) is 48.5 Å². The molecule has 1 aliphatic heterocycles. The van der Waals surface area contributed by atoms with E-state index in [0.717, 1.165) is 29.8 Å². The minimum absolute atomic E-state index is 0.0938. The highest BCUT2D eigenvalue weighted by atomic mass is 19.1. The van der Waals surface area contributed by atoms with Gasteiger partial charge in [0.05, 0.1) is 6.61 Å². The molecule has 2 aromatic carbocycles. The van der Waals surface area contributed by atoms with Crippen LogP contribution in [-0.2, 0) is 0 Å². The van der Waals surface area contributed by atoms with Crippen LogP contribution in [0.5, 0.6) is 5.75 Å². The van der Waals surface area contributed by atoms with Crippen molar-refractivity contribution in [3.05, 3.63) is 59.9 Å². The summed E-state index contributed by atoms with van der Waals surface area (Å²) in [6, 6.07) is 14.4. The van der Waals surface area contributed by atoms with E-state index in [1.807, 2.05) is 43.4 Å². The van der Waals surface area contributed by atoms with Crippen LogP contribution in [0.25, 0.3) is 0 Å². The van der Waals surface area contributed by atoms with Gasteiger partial charge in [0.1, 0.15) is 11.6 Å². The van der Waals surface area contributed by atoms with Crippen molar-refractivity contribution in [1.29, 1.82) is 0 Å². The maximum Gasteiger partial charge on any atom is 0.321 e. The van der Waals surface area contributed by atoms with Crippen molar-refractivity contribution in [3.63, 3.8) is 0 Å². The molecule has 0 radical (unpaired) electrons. The molecule has 1 fully saturated rings. The predicted octanol–water partition coefficient (Wildman–Crippen LogP) is 4.91. The minimum Gasteiger partial charge on any atom is -0.494 e. The van der Waals surface area contributed by atoms with Crippen molar-refractivity contribution in [2.24, 2.45) is 0 Å². The van der Waals surface area contributed by atoms with Gasteiger partial charge in [0.15, 0.2) is 0 Å². The Labute approximate surface area is 172 Å². The average Bonchev–Trinajstić information content (AvgIpc) is 2.68. The Morgan fingerprint density at radius 2 is 1.86 bits per heavy atom. The molecule has 1 N–H and O–H groups in total. The third-order valence-corrected chi connectivity index (χ3v) is 5.56. The molecule has 1 saturated heterocycles. The Kier molecular flexibility index (Phi) is 7.09. The summed E-state index contributed by atoms with van der Waals surface area (Å²) in [6.07, 6.45) is 2.13. The molecule has 1 atom stereocenters. The molecule has 3 rings (SSSR count). The van der Waals surface area contributed by atoms with E-state index in [1.54, 1.807) is 4.90 Å². The molecular formula is C23H30FN3O2. The maximum absolute atomic E-state index is 13.1. The standard InChI is InChI=1S/C23H30FN3O2/c1-4-5-14-29-22-12-10-20(11-13-22)25-23(28)27-15-21(16-27)26(3)17(2)18-6-8-19(24)9-7-18/h6-13,17,21H,4-5,14-16H2,1-3H3,(H,25,28). The summed E-state index contributed by atoms with van der Waals surface area (Å²) in [5, 5.41) is 2.94. The van der Waals surface area contributed by atoms with E-state index in [-0.39, 0.29) is 23.9 Å². The second-order valence-corrected chi connectivity index (χ2v) is 7.61. The number of benzene rings is 2. The summed E-state index contributed by atoms with van der Waals surface area (Å²) < 4.78 is 18.8. The van der Waals surface area contributed by atoms with Crippen LogP contribution in [0.4, 0.5) is 14.9 Å². The van der Waals surface area contributed by atoms with E-state index in [9.17, 15) is 9.18 Å². The average molecular weight is 400 g/mol. The smallest absolute Gasteiger partial charge is 0.321 e. The number of hydrogen-bond acceptors (Lipinski definition) is 3. The van der Waals surface area contributed by atoms with Crippen molar-refractivity contribution in [2.45, 2.75) is 38.8 Å². The number of unbranched alkanes of at least 4 members (excludes halogenated alkanes) is 1. The van der Waals surface area contributed by atoms with Gasteiger partial charge in [0, 0.05) is 30.9 Å². The van der Waals surface area contributed by atoms with Crippen molar-refractivity contribution in [2.75, 3.05) is 32.1 Å². The molecule has 6 heteroatoms. The normalized spacial score (nSPS) is 15.1. The molecule has 1 heterocycles. The van der Waals surface area contributed by atoms with Gasteiger partial charge in [0.2, 0.25) is 0 Å². The van der Waals surface area contributed by atoms with Crippen molar-refractivity contribution in [1.82, 2.24) is 9.80 Å². The minimum atomic E-state index is -0.226. The van der Waals surface area contributed by atoms with Crippen LogP contribution < -0.4 is 10.1 Å². The Morgan fingerprint density at radius 3 is 2.48 bits per heavy atom. The second-order valence-electron chi connectivity index (χ2n) is 7.61. The maximum atomic E-state index is 13.1. The molecule has 2 amide bonds. The number of rotatable bonds is 8. The fourth-order valence-electron chi connectivity index (χ4n) is 3.34. The van der Waals surface area contributed by atoms with E-state index < -0.39 is 0 Å². The van der Waals surface area contributed by atoms with E-state index in [2.05, 4.69) is 24.1 Å². The van der Waals surface area contributed by atoms with Crippen molar-refractivity contribution in [3.8, 4) is 5.75 Å². The first-order valence-electron chi connectivity index (χ1n) is 10.2. The zero-order chi connectivity index (χ0) is 20.8. The summed E-state index contributed by atoms with van der Waals surface area (Å²) in [5.41, 5.74) is 1.83. The van der Waals surface area contributed by atoms with E-state index >= 15 is 0 Å². The van der Waals surface area contributed by atoms with Gasteiger partial charge < -0.3 is 15.0 Å². The van der Waals surface area contributed by atoms with Crippen LogP contribution in [0.1, 0.15) is 38.3 Å². The molecule has 0 spiro atoms. The SMILES string of the molecule is CCCCOc1ccc(NC(=O)N2CC(N(C)C(C)c3ccc(F)cc3)C2)cc1. The van der Waals surface area contributed by atoms with Gasteiger partial charge in [-0.3, -0.25) is 4.90 Å². The first-order chi connectivity index (χ1) is 14.0. The topological polar surface area (TPSA) is 44.8 Å². The molecule has 0 saturated carbocycles. The number of anilines is 1. The predicted molar refractivity (Wildman–Crippen MR) is 114 cm³/mol. The lowest BCUT2D eigenvalue weighted by molar-refractivity contribution is 0.0559. The number of nitrogens with one attached hydrogen (secondary N) is 1. The van der Waals surface area contributed by atoms with Crippen LogP contribution in [0.3, 0.4) is 0 Å². The second kappa shape index (κ2) is 9.74. The third-order valence-electron chi connectivity index (χ3n) is 5.56. The van der Waals surface area contributed by atoms with Gasteiger partial charge in [-0.05, 0) is 62.4 Å². The molecule has 0 bridgehead atoms. The molecular weight excluding hydrogens is 369 g/mol. The van der Waals surface area contributed by atoms with E-state index in [1.165, 1.54) is 12.1 Å². The zero-order valence-electron chi connectivity index (χ0n) is 17.4. The van der Waals surface area contributed by atoms with Gasteiger partial charge in [-0.2, -0.15) is 0 Å². The Balaban J connectivity index is 1.45. The number of halogens is 1. The molecule has 156 valence electrons. The Hall–Kier alpha value is -2.60. The van der Waals surface area contributed by atoms with Crippen LogP contribution in [0.2, 0.25) is 0 Å². The number of nitrogens with zero attached hydrogens (tertiary/aromatic N) is 2. The lowest BCUT2D eigenvalue weighted by atomic mass is 10.0. The summed E-state index contributed by atoms with van der Waals surface area (Å²) in [4.78, 5) is 16.5. The summed E-state index contributed by atoms with van der Waals surface area (Å²) in [5.74, 6) is 0.590. The molecule has 5 nitrogen and oxygen atoms in total. The summed E-state index contributed by atoms with van der Waals surface area (Å²) in [7, 11) is 2.05. The zero-order valence-corrected chi connectivity index (χ0v) is 17.4. The first kappa shape index (κ1) is 21.1. The summed E-state index contributed by atoms with van der Waals surface area (Å²) in [6.45, 7) is 6.28. The molecule has 1 unspecified atom stereocenters. The van der Waals surface area contributed by atoms with Crippen molar-refractivity contribution < 1.29 is 13.9 Å². The van der Waals surface area contributed by atoms with Gasteiger partial charge in [-0.1, -0.05) is 25.5 Å². The monoisotopic (exact) mass is 399 g/mol. The molecule has 0 aromatic heterocycles. The number of likely N-dealkylation sites (tertiary alicyclic amines) is 1. The van der Waals surface area contributed by atoms with E-state index in [4.69, 9.17) is 4.74 Å². The Bertz CT molecular complexity index is 789. The molecule has 2 aromatic rings. The lowest BCUT2D eigenvalue weighted by Gasteiger charge is -2.46. The van der Waals surface area contributed by atoms with E-state index in [0.29, 0.717) is 19.7 Å². The number of carbonyl (C=O) groups excluding carboxylic acids is 1. The first-order valence-corrected chi connectivity index (χ1v) is 10.2. The molecule has 0 aliphatic carbocycles. The third kappa shape index (κ3) is 5.48. The number of ether oxygens (including phenoxy) is 1. The lowest BCUT2D eigenvalue weighted by Crippen LogP contribution is -2.61. The van der Waals surface area contributed by atoms with Gasteiger partial charge >= 0.3 is 6.03 Å². The Morgan fingerprint density at radius 1 is 1.21 bits per heavy atom. The van der Waals surface area contributed by atoms with Crippen LogP contribution in [-0.4, -0.2) is 48.6 Å². The number of urea groups is 1. The van der Waals surface area contributed by atoms with Crippen LogP contribution >= 0.6 is 0 Å². The summed E-state index contributed by atoms with van der Waals surface area (Å²) >= 11 is 0. The highest BCUT2D eigenvalue weighted by Gasteiger charge is 2.35. The fourth-order valence-corrected chi connectivity index (χ4v) is 3.34. The molecule has 1 aliphatic rings. The van der Waals surface area contributed by atoms with Gasteiger partial charge in [0.25, 0.3) is 0 Å². The largest absolute Gasteiger partial charge is 0.494 e. The number of carbonyl (C=O) groups is 1. The molecule has 29 heavy (non-hydrogen) atoms. The highest BCUT2D eigenvalue weighted by Crippen LogP contribution is 2.26. The fraction of sp³-hybridized carbons (Fsp3) is 0.435. The highest BCUT2D eigenvalue weighted by molar-refractivity contribution is 5.90. The van der Waals surface area contributed by atoms with Gasteiger partial charge in [-0.15, -0.1) is 0 Å². The number of amides is 2. The van der Waals surface area contributed by atoms with Crippen LogP contribution in [0, 0.1) is 5.82 Å². The quantitative estimate of drug-likeness (QED) is 0.641.